The van der Waals surface area contributed by atoms with Crippen molar-refractivity contribution in [3.63, 3.8) is 0 Å². The van der Waals surface area contributed by atoms with E-state index in [-0.39, 0.29) is 12.5 Å². The lowest BCUT2D eigenvalue weighted by Crippen LogP contribution is -2.25. The maximum Gasteiger partial charge on any atom is 0.268 e. The normalized spacial score (nSPS) is 10.7. The Morgan fingerprint density at radius 3 is 2.45 bits per heavy atom. The summed E-state index contributed by atoms with van der Waals surface area (Å²) in [4.78, 5) is 12.4. The molecule has 2 rings (SSSR count). The average molecular weight is 301 g/mol. The molecule has 5 nitrogen and oxygen atoms in total. The minimum atomic E-state index is -0.132. The molecule has 5 heteroatoms. The van der Waals surface area contributed by atoms with Crippen LogP contribution in [0.4, 0.5) is 0 Å². The highest BCUT2D eigenvalue weighted by Crippen LogP contribution is 2.16. The topological polar surface area (TPSA) is 80.3 Å². The highest BCUT2D eigenvalue weighted by Gasteiger charge is 2.16. The number of aliphatic hydroxyl groups is 1. The molecule has 0 spiro atoms. The molecule has 2 aromatic rings. The van der Waals surface area contributed by atoms with Gasteiger partial charge < -0.3 is 20.7 Å². The monoisotopic (exact) mass is 301 g/mol. The fraction of sp³-hybridized carbons (Fsp3) is 0.353. The largest absolute Gasteiger partial charge is 0.390 e. The van der Waals surface area contributed by atoms with Crippen molar-refractivity contribution in [1.82, 2.24) is 9.88 Å². The Kier molecular flexibility index (Phi) is 5.35. The van der Waals surface area contributed by atoms with Crippen molar-refractivity contribution in [3.05, 3.63) is 58.4 Å². The summed E-state index contributed by atoms with van der Waals surface area (Å²) in [7, 11) is 0. The fourth-order valence-corrected chi connectivity index (χ4v) is 2.55. The van der Waals surface area contributed by atoms with E-state index in [2.05, 4.69) is 5.32 Å². The van der Waals surface area contributed by atoms with Gasteiger partial charge in [-0.25, -0.2) is 0 Å². The van der Waals surface area contributed by atoms with Crippen LogP contribution in [0.15, 0.2) is 30.3 Å². The van der Waals surface area contributed by atoms with E-state index in [1.807, 2.05) is 48.7 Å². The molecule has 4 N–H and O–H groups in total. The first kappa shape index (κ1) is 16.3. The third kappa shape index (κ3) is 3.37. The van der Waals surface area contributed by atoms with Gasteiger partial charge in [-0.05, 0) is 36.6 Å². The fourth-order valence-electron chi connectivity index (χ4n) is 2.55. The molecule has 0 bridgehead atoms. The number of amides is 1. The number of benzene rings is 1. The van der Waals surface area contributed by atoms with Crippen molar-refractivity contribution in [2.45, 2.75) is 40.1 Å². The molecule has 0 aliphatic rings. The number of nitrogens with one attached hydrogen (secondary N) is 1. The summed E-state index contributed by atoms with van der Waals surface area (Å²) < 4.78 is 1.85. The standard InChI is InChI=1S/C17H23N3O2/c1-3-20-15(8-12(2)16(20)11-21)17(22)19-10-14-6-4-13(9-18)5-7-14/h4-8,21H,3,9-11,18H2,1-2H3,(H,19,22). The van der Waals surface area contributed by atoms with Crippen molar-refractivity contribution < 1.29 is 9.90 Å². The zero-order valence-electron chi connectivity index (χ0n) is 13.1. The van der Waals surface area contributed by atoms with E-state index in [1.54, 1.807) is 0 Å². The molecule has 0 saturated carbocycles. The number of nitrogens with zero attached hydrogens (tertiary/aromatic N) is 1. The molecule has 0 aliphatic heterocycles. The summed E-state index contributed by atoms with van der Waals surface area (Å²) in [5.74, 6) is -0.132. The van der Waals surface area contributed by atoms with Gasteiger partial charge in [0.05, 0.1) is 6.61 Å². The van der Waals surface area contributed by atoms with E-state index >= 15 is 0 Å². The number of aliphatic hydroxyl groups excluding tert-OH is 1. The van der Waals surface area contributed by atoms with Gasteiger partial charge in [0.25, 0.3) is 5.91 Å². The number of nitrogens with two attached hydrogens (primary N) is 1. The molecule has 1 aromatic carbocycles. The van der Waals surface area contributed by atoms with Crippen LogP contribution in [0, 0.1) is 6.92 Å². The van der Waals surface area contributed by atoms with Gasteiger partial charge in [0.2, 0.25) is 0 Å². The van der Waals surface area contributed by atoms with Gasteiger partial charge in [0, 0.05) is 25.3 Å². The van der Waals surface area contributed by atoms with Crippen molar-refractivity contribution >= 4 is 5.91 Å². The maximum atomic E-state index is 12.4. The van der Waals surface area contributed by atoms with Crippen LogP contribution in [0.2, 0.25) is 0 Å². The van der Waals surface area contributed by atoms with E-state index in [1.165, 1.54) is 0 Å². The second kappa shape index (κ2) is 7.24. The number of carbonyl (C=O) groups is 1. The first-order valence-electron chi connectivity index (χ1n) is 7.46. The van der Waals surface area contributed by atoms with Crippen LogP contribution in [0.1, 0.15) is 39.8 Å². The summed E-state index contributed by atoms with van der Waals surface area (Å²) in [6.45, 7) is 5.43. The van der Waals surface area contributed by atoms with E-state index in [0.29, 0.717) is 25.3 Å². The molecule has 0 radical (unpaired) electrons. The van der Waals surface area contributed by atoms with Gasteiger partial charge >= 0.3 is 0 Å². The lowest BCUT2D eigenvalue weighted by Gasteiger charge is -2.11. The lowest BCUT2D eigenvalue weighted by atomic mass is 10.1. The lowest BCUT2D eigenvalue weighted by molar-refractivity contribution is 0.0941. The molecular weight excluding hydrogens is 278 g/mol. The SMILES string of the molecule is CCn1c(C(=O)NCc2ccc(CN)cc2)cc(C)c1CO. The van der Waals surface area contributed by atoms with Gasteiger partial charge in [0.1, 0.15) is 5.69 Å². The molecule has 0 aliphatic carbocycles. The highest BCUT2D eigenvalue weighted by atomic mass is 16.3. The Labute approximate surface area is 130 Å². The number of aromatic nitrogens is 1. The Morgan fingerprint density at radius 2 is 1.91 bits per heavy atom. The summed E-state index contributed by atoms with van der Waals surface area (Å²) in [5.41, 5.74) is 9.97. The number of hydrogen-bond acceptors (Lipinski definition) is 3. The Hall–Kier alpha value is -2.11. The molecule has 0 unspecified atom stereocenters. The molecule has 1 amide bonds. The summed E-state index contributed by atoms with van der Waals surface area (Å²) in [6, 6.07) is 9.67. The molecular formula is C17H23N3O2. The second-order valence-electron chi connectivity index (χ2n) is 5.26. The number of hydrogen-bond donors (Lipinski definition) is 3. The van der Waals surface area contributed by atoms with E-state index in [4.69, 9.17) is 5.73 Å². The van der Waals surface area contributed by atoms with Crippen LogP contribution in [0.25, 0.3) is 0 Å². The second-order valence-corrected chi connectivity index (χ2v) is 5.26. The highest BCUT2D eigenvalue weighted by molar-refractivity contribution is 5.93. The molecule has 0 atom stereocenters. The van der Waals surface area contributed by atoms with Gasteiger partial charge in [-0.15, -0.1) is 0 Å². The predicted octanol–water partition coefficient (Wildman–Crippen LogP) is 1.70. The third-order valence-corrected chi connectivity index (χ3v) is 3.84. The average Bonchev–Trinajstić information content (AvgIpc) is 2.88. The van der Waals surface area contributed by atoms with Crippen LogP contribution >= 0.6 is 0 Å². The smallest absolute Gasteiger partial charge is 0.268 e. The Morgan fingerprint density at radius 1 is 1.27 bits per heavy atom. The van der Waals surface area contributed by atoms with E-state index in [9.17, 15) is 9.90 Å². The minimum absolute atomic E-state index is 0.0620. The Balaban J connectivity index is 2.08. The number of rotatable bonds is 6. The maximum absolute atomic E-state index is 12.4. The van der Waals surface area contributed by atoms with Crippen molar-refractivity contribution in [1.29, 1.82) is 0 Å². The van der Waals surface area contributed by atoms with Crippen molar-refractivity contribution in [3.8, 4) is 0 Å². The van der Waals surface area contributed by atoms with Gasteiger partial charge in [-0.1, -0.05) is 24.3 Å². The molecule has 1 heterocycles. The van der Waals surface area contributed by atoms with Gasteiger partial charge in [0.15, 0.2) is 0 Å². The molecule has 1 aromatic heterocycles. The van der Waals surface area contributed by atoms with Gasteiger partial charge in [-0.2, -0.15) is 0 Å². The minimum Gasteiger partial charge on any atom is -0.390 e. The first-order valence-corrected chi connectivity index (χ1v) is 7.46. The van der Waals surface area contributed by atoms with Crippen molar-refractivity contribution in [2.75, 3.05) is 0 Å². The van der Waals surface area contributed by atoms with Crippen LogP contribution < -0.4 is 11.1 Å². The quantitative estimate of drug-likeness (QED) is 0.759. The summed E-state index contributed by atoms with van der Waals surface area (Å²) in [5, 5.41) is 12.3. The third-order valence-electron chi connectivity index (χ3n) is 3.84. The molecule has 22 heavy (non-hydrogen) atoms. The first-order chi connectivity index (χ1) is 10.6. The number of aryl methyl sites for hydroxylation is 1. The Bertz CT molecular complexity index is 645. The van der Waals surface area contributed by atoms with Crippen molar-refractivity contribution in [2.24, 2.45) is 5.73 Å². The molecule has 0 fully saturated rings. The summed E-state index contributed by atoms with van der Waals surface area (Å²) >= 11 is 0. The molecule has 118 valence electrons. The van der Waals surface area contributed by atoms with Crippen LogP contribution in [-0.4, -0.2) is 15.6 Å². The molecule has 0 saturated heterocycles. The zero-order valence-corrected chi connectivity index (χ0v) is 13.1. The predicted molar refractivity (Wildman–Crippen MR) is 86.3 cm³/mol. The zero-order chi connectivity index (χ0) is 16.1. The van der Waals surface area contributed by atoms with Crippen LogP contribution in [-0.2, 0) is 26.2 Å². The van der Waals surface area contributed by atoms with Crippen LogP contribution in [0.3, 0.4) is 0 Å². The van der Waals surface area contributed by atoms with Crippen LogP contribution in [0.5, 0.6) is 0 Å². The van der Waals surface area contributed by atoms with E-state index in [0.717, 1.165) is 22.4 Å². The number of carbonyl (C=O) groups excluding carboxylic acids is 1. The summed E-state index contributed by atoms with van der Waals surface area (Å²) in [6.07, 6.45) is 0. The van der Waals surface area contributed by atoms with Gasteiger partial charge in [-0.3, -0.25) is 4.79 Å². The van der Waals surface area contributed by atoms with E-state index < -0.39 is 0 Å².